The highest BCUT2D eigenvalue weighted by atomic mass is 16.3. The van der Waals surface area contributed by atoms with Crippen molar-refractivity contribution in [1.82, 2.24) is 4.98 Å². The van der Waals surface area contributed by atoms with Crippen molar-refractivity contribution >= 4 is 0 Å². The number of rotatable bonds is 7. The third kappa shape index (κ3) is 5.50. The van der Waals surface area contributed by atoms with Crippen molar-refractivity contribution in [3.8, 4) is 0 Å². The number of aromatic nitrogens is 1. The summed E-state index contributed by atoms with van der Waals surface area (Å²) in [5.41, 5.74) is 1.17. The molecule has 0 saturated heterocycles. The van der Waals surface area contributed by atoms with Crippen LogP contribution in [0.1, 0.15) is 31.2 Å². The first-order valence-electron chi connectivity index (χ1n) is 5.50. The van der Waals surface area contributed by atoms with Gasteiger partial charge >= 0.3 is 0 Å². The molecule has 0 bridgehead atoms. The second-order valence-electron chi connectivity index (χ2n) is 3.77. The molecule has 0 aliphatic carbocycles. The van der Waals surface area contributed by atoms with Crippen LogP contribution >= 0.6 is 0 Å². The molecule has 0 aliphatic rings. The van der Waals surface area contributed by atoms with Crippen LogP contribution in [0.4, 0.5) is 0 Å². The van der Waals surface area contributed by atoms with Crippen LogP contribution in [0.25, 0.3) is 0 Å². The van der Waals surface area contributed by atoms with Gasteiger partial charge in [0.25, 0.3) is 0 Å². The summed E-state index contributed by atoms with van der Waals surface area (Å²) < 4.78 is 0. The lowest BCUT2D eigenvalue weighted by atomic mass is 10.0. The fourth-order valence-corrected chi connectivity index (χ4v) is 1.52. The zero-order valence-corrected chi connectivity index (χ0v) is 8.97. The third-order valence-corrected chi connectivity index (χ3v) is 2.43. The number of aryl methyl sites for hydroxylation is 1. The van der Waals surface area contributed by atoms with Gasteiger partial charge in [0.15, 0.2) is 0 Å². The van der Waals surface area contributed by atoms with Crippen molar-refractivity contribution in [1.29, 1.82) is 0 Å². The van der Waals surface area contributed by atoms with E-state index < -0.39 is 0 Å². The number of aliphatic hydroxyl groups excluding tert-OH is 2. The SMILES string of the molecule is OCCCCC(O)CCc1cccnc1. The number of nitrogens with zero attached hydrogens (tertiary/aromatic N) is 1. The van der Waals surface area contributed by atoms with Gasteiger partial charge in [0.2, 0.25) is 0 Å². The molecule has 3 nitrogen and oxygen atoms in total. The fourth-order valence-electron chi connectivity index (χ4n) is 1.52. The predicted molar refractivity (Wildman–Crippen MR) is 59.5 cm³/mol. The van der Waals surface area contributed by atoms with Gasteiger partial charge < -0.3 is 10.2 Å². The molecule has 0 radical (unpaired) electrons. The molecule has 1 heterocycles. The highest BCUT2D eigenvalue weighted by Gasteiger charge is 2.04. The topological polar surface area (TPSA) is 53.4 Å². The molecule has 0 spiro atoms. The Morgan fingerprint density at radius 3 is 2.80 bits per heavy atom. The number of unbranched alkanes of at least 4 members (excludes halogenated alkanes) is 1. The summed E-state index contributed by atoms with van der Waals surface area (Å²) in [6, 6.07) is 3.93. The maximum atomic E-state index is 9.64. The van der Waals surface area contributed by atoms with Crippen LogP contribution < -0.4 is 0 Å². The zero-order chi connectivity index (χ0) is 10.9. The Morgan fingerprint density at radius 2 is 2.13 bits per heavy atom. The maximum absolute atomic E-state index is 9.64. The third-order valence-electron chi connectivity index (χ3n) is 2.43. The lowest BCUT2D eigenvalue weighted by Gasteiger charge is -2.09. The standard InChI is InChI=1S/C12H19NO2/c14-9-2-1-5-12(15)7-6-11-4-3-8-13-10-11/h3-4,8,10,12,14-15H,1-2,5-7,9H2. The molecule has 15 heavy (non-hydrogen) atoms. The first kappa shape index (κ1) is 12.1. The van der Waals surface area contributed by atoms with Crippen LogP contribution in [0.5, 0.6) is 0 Å². The molecule has 0 fully saturated rings. The van der Waals surface area contributed by atoms with Gasteiger partial charge in [-0.1, -0.05) is 6.07 Å². The second kappa shape index (κ2) is 7.37. The molecular formula is C12H19NO2. The highest BCUT2D eigenvalue weighted by Crippen LogP contribution is 2.08. The first-order valence-corrected chi connectivity index (χ1v) is 5.50. The van der Waals surface area contributed by atoms with Crippen molar-refractivity contribution < 1.29 is 10.2 Å². The Balaban J connectivity index is 2.14. The summed E-state index contributed by atoms with van der Waals surface area (Å²) in [5, 5.41) is 18.2. The predicted octanol–water partition coefficient (Wildman–Crippen LogP) is 1.54. The van der Waals surface area contributed by atoms with Crippen LogP contribution in [0.15, 0.2) is 24.5 Å². The molecule has 0 amide bonds. The molecule has 1 aromatic rings. The Kier molecular flexibility index (Phi) is 5.97. The number of pyridine rings is 1. The lowest BCUT2D eigenvalue weighted by Crippen LogP contribution is -2.08. The van der Waals surface area contributed by atoms with Gasteiger partial charge in [-0.25, -0.2) is 0 Å². The molecule has 1 atom stereocenters. The summed E-state index contributed by atoms with van der Waals surface area (Å²) in [6.45, 7) is 0.218. The molecule has 0 aliphatic heterocycles. The van der Waals surface area contributed by atoms with Crippen molar-refractivity contribution in [3.63, 3.8) is 0 Å². The second-order valence-corrected chi connectivity index (χ2v) is 3.77. The van der Waals surface area contributed by atoms with Gasteiger partial charge in [0.1, 0.15) is 0 Å². The lowest BCUT2D eigenvalue weighted by molar-refractivity contribution is 0.148. The normalized spacial score (nSPS) is 12.7. The molecule has 1 unspecified atom stereocenters. The van der Waals surface area contributed by atoms with Crippen molar-refractivity contribution in [2.45, 2.75) is 38.2 Å². The van der Waals surface area contributed by atoms with Crippen LogP contribution in [0, 0.1) is 0 Å². The van der Waals surface area contributed by atoms with E-state index in [-0.39, 0.29) is 12.7 Å². The molecule has 0 saturated carbocycles. The van der Waals surface area contributed by atoms with E-state index >= 15 is 0 Å². The van der Waals surface area contributed by atoms with E-state index in [1.807, 2.05) is 18.3 Å². The number of hydrogen-bond donors (Lipinski definition) is 2. The molecule has 1 aromatic heterocycles. The van der Waals surface area contributed by atoms with E-state index in [4.69, 9.17) is 5.11 Å². The average Bonchev–Trinajstić information content (AvgIpc) is 2.28. The van der Waals surface area contributed by atoms with Crippen LogP contribution in [0.3, 0.4) is 0 Å². The Bertz CT molecular complexity index is 251. The monoisotopic (exact) mass is 209 g/mol. The van der Waals surface area contributed by atoms with Gasteiger partial charge in [-0.2, -0.15) is 0 Å². The molecule has 3 heteroatoms. The van der Waals surface area contributed by atoms with E-state index in [1.54, 1.807) is 6.20 Å². The van der Waals surface area contributed by atoms with Crippen LogP contribution in [0.2, 0.25) is 0 Å². The quantitative estimate of drug-likeness (QED) is 0.670. The summed E-state index contributed by atoms with van der Waals surface area (Å²) in [4.78, 5) is 4.02. The van der Waals surface area contributed by atoms with Crippen molar-refractivity contribution in [2.75, 3.05) is 6.61 Å². The Hall–Kier alpha value is -0.930. The van der Waals surface area contributed by atoms with Crippen molar-refractivity contribution in [2.24, 2.45) is 0 Å². The fraction of sp³-hybridized carbons (Fsp3) is 0.583. The molecule has 84 valence electrons. The van der Waals surface area contributed by atoms with Crippen LogP contribution in [-0.2, 0) is 6.42 Å². The van der Waals surface area contributed by atoms with Crippen LogP contribution in [-0.4, -0.2) is 27.9 Å². The molecule has 1 rings (SSSR count). The molecular weight excluding hydrogens is 190 g/mol. The minimum atomic E-state index is -0.253. The highest BCUT2D eigenvalue weighted by molar-refractivity contribution is 5.08. The van der Waals surface area contributed by atoms with Crippen molar-refractivity contribution in [3.05, 3.63) is 30.1 Å². The summed E-state index contributed by atoms with van der Waals surface area (Å²) in [6.07, 6.45) is 7.43. The van der Waals surface area contributed by atoms with Gasteiger partial charge in [-0.3, -0.25) is 4.98 Å². The maximum Gasteiger partial charge on any atom is 0.0543 e. The van der Waals surface area contributed by atoms with E-state index in [2.05, 4.69) is 4.98 Å². The summed E-state index contributed by atoms with van der Waals surface area (Å²) in [5.74, 6) is 0. The van der Waals surface area contributed by atoms with E-state index in [9.17, 15) is 5.11 Å². The summed E-state index contributed by atoms with van der Waals surface area (Å²) >= 11 is 0. The minimum absolute atomic E-state index is 0.218. The van der Waals surface area contributed by atoms with Gasteiger partial charge in [0.05, 0.1) is 6.10 Å². The van der Waals surface area contributed by atoms with E-state index in [0.717, 1.165) is 32.1 Å². The average molecular weight is 209 g/mol. The van der Waals surface area contributed by atoms with Gasteiger partial charge in [-0.15, -0.1) is 0 Å². The summed E-state index contributed by atoms with van der Waals surface area (Å²) in [7, 11) is 0. The number of aliphatic hydroxyl groups is 2. The minimum Gasteiger partial charge on any atom is -0.396 e. The Labute approximate surface area is 90.8 Å². The van der Waals surface area contributed by atoms with Gasteiger partial charge in [-0.05, 0) is 43.7 Å². The molecule has 2 N–H and O–H groups in total. The number of hydrogen-bond acceptors (Lipinski definition) is 3. The smallest absolute Gasteiger partial charge is 0.0543 e. The van der Waals surface area contributed by atoms with E-state index in [1.165, 1.54) is 5.56 Å². The Morgan fingerprint density at radius 1 is 1.27 bits per heavy atom. The van der Waals surface area contributed by atoms with Gasteiger partial charge in [0, 0.05) is 19.0 Å². The van der Waals surface area contributed by atoms with E-state index in [0.29, 0.717) is 0 Å². The zero-order valence-electron chi connectivity index (χ0n) is 8.97. The molecule has 0 aromatic carbocycles. The largest absolute Gasteiger partial charge is 0.396 e. The first-order chi connectivity index (χ1) is 7.33.